The minimum atomic E-state index is -1.03. The van der Waals surface area contributed by atoms with Gasteiger partial charge < -0.3 is 14.3 Å². The van der Waals surface area contributed by atoms with Crippen molar-refractivity contribution in [3.05, 3.63) is 65.6 Å². The van der Waals surface area contributed by atoms with Crippen LogP contribution in [0.5, 0.6) is 0 Å². The van der Waals surface area contributed by atoms with E-state index in [2.05, 4.69) is 43.8 Å². The highest BCUT2D eigenvalue weighted by Crippen LogP contribution is 2.25. The maximum Gasteiger partial charge on any atom is 0.140 e. The second kappa shape index (κ2) is 7.56. The lowest BCUT2D eigenvalue weighted by Crippen LogP contribution is -2.24. The van der Waals surface area contributed by atoms with E-state index in [4.69, 9.17) is 10.00 Å². The lowest BCUT2D eigenvalue weighted by Gasteiger charge is -2.15. The molecule has 30 heavy (non-hydrogen) atoms. The number of benzene rings is 2. The molecule has 0 amide bonds. The first kappa shape index (κ1) is 18.8. The van der Waals surface area contributed by atoms with Crippen LogP contribution in [0.2, 0.25) is 0 Å². The fraction of sp³-hybridized carbons (Fsp3) is 0.304. The molecule has 0 spiro atoms. The molecule has 3 heterocycles. The number of alkyl halides is 1. The standard InChI is InChI=1S/C23H22FN5O/c1-28-10-16(17-4-2-3-5-21(17)28)11-29-12-18(24)22(13-29)30-14-23-26-19-7-6-15(9-25)8-20(19)27-23/h2-8,10,18,22H,11-14H2,1H3,(H,26,27). The summed E-state index contributed by atoms with van der Waals surface area (Å²) < 4.78 is 22.6. The summed E-state index contributed by atoms with van der Waals surface area (Å²) >= 11 is 0. The quantitative estimate of drug-likeness (QED) is 0.552. The molecule has 1 N–H and O–H groups in total. The molecular weight excluding hydrogens is 381 g/mol. The van der Waals surface area contributed by atoms with E-state index in [0.717, 1.165) is 11.0 Å². The number of nitriles is 1. The summed E-state index contributed by atoms with van der Waals surface area (Å²) in [4.78, 5) is 9.73. The molecule has 5 rings (SSSR count). The van der Waals surface area contributed by atoms with E-state index in [9.17, 15) is 4.39 Å². The third-order valence-corrected chi connectivity index (χ3v) is 5.74. The Morgan fingerprint density at radius 3 is 3.00 bits per heavy atom. The Hall–Kier alpha value is -3.21. The van der Waals surface area contributed by atoms with Crippen LogP contribution in [-0.4, -0.2) is 44.8 Å². The van der Waals surface area contributed by atoms with E-state index in [1.165, 1.54) is 16.5 Å². The van der Waals surface area contributed by atoms with Gasteiger partial charge in [-0.25, -0.2) is 9.37 Å². The van der Waals surface area contributed by atoms with Crippen LogP contribution in [0.4, 0.5) is 4.39 Å². The molecule has 1 aliphatic heterocycles. The zero-order chi connectivity index (χ0) is 20.7. The van der Waals surface area contributed by atoms with E-state index in [-0.39, 0.29) is 6.61 Å². The summed E-state index contributed by atoms with van der Waals surface area (Å²) in [5.74, 6) is 0.639. The van der Waals surface area contributed by atoms with Crippen molar-refractivity contribution >= 4 is 21.9 Å². The Morgan fingerprint density at radius 2 is 2.13 bits per heavy atom. The molecule has 2 aromatic heterocycles. The van der Waals surface area contributed by atoms with Gasteiger partial charge in [-0.3, -0.25) is 4.90 Å². The summed E-state index contributed by atoms with van der Waals surface area (Å²) in [6, 6.07) is 15.7. The predicted molar refractivity (Wildman–Crippen MR) is 112 cm³/mol. The number of fused-ring (bicyclic) bond motifs is 2. The van der Waals surface area contributed by atoms with E-state index in [1.807, 2.05) is 19.2 Å². The number of halogens is 1. The van der Waals surface area contributed by atoms with Gasteiger partial charge in [0.05, 0.1) is 22.7 Å². The van der Waals surface area contributed by atoms with Crippen molar-refractivity contribution in [2.75, 3.05) is 13.1 Å². The average Bonchev–Trinajstić information content (AvgIpc) is 3.41. The largest absolute Gasteiger partial charge is 0.366 e. The summed E-state index contributed by atoms with van der Waals surface area (Å²) in [6.45, 7) is 1.82. The Labute approximate surface area is 173 Å². The molecule has 0 bridgehead atoms. The van der Waals surface area contributed by atoms with Gasteiger partial charge in [-0.15, -0.1) is 0 Å². The number of aromatic nitrogens is 3. The van der Waals surface area contributed by atoms with Crippen molar-refractivity contribution in [3.63, 3.8) is 0 Å². The molecule has 0 saturated carbocycles. The van der Waals surface area contributed by atoms with E-state index >= 15 is 0 Å². The highest BCUT2D eigenvalue weighted by molar-refractivity contribution is 5.83. The second-order valence-corrected chi connectivity index (χ2v) is 7.87. The lowest BCUT2D eigenvalue weighted by atomic mass is 10.1. The average molecular weight is 403 g/mol. The van der Waals surface area contributed by atoms with E-state index in [0.29, 0.717) is 31.0 Å². The van der Waals surface area contributed by atoms with Crippen molar-refractivity contribution < 1.29 is 9.13 Å². The normalized spacial score (nSPS) is 19.6. The zero-order valence-corrected chi connectivity index (χ0v) is 16.7. The molecule has 152 valence electrons. The number of hydrogen-bond acceptors (Lipinski definition) is 4. The van der Waals surface area contributed by atoms with E-state index in [1.54, 1.807) is 18.2 Å². The number of likely N-dealkylation sites (tertiary alicyclic amines) is 1. The summed E-state index contributed by atoms with van der Waals surface area (Å²) in [6.07, 6.45) is 0.605. The molecule has 1 aliphatic rings. The van der Waals surface area contributed by atoms with Gasteiger partial charge in [0.25, 0.3) is 0 Å². The number of imidazole rings is 1. The van der Waals surface area contributed by atoms with Crippen molar-refractivity contribution in [2.45, 2.75) is 25.4 Å². The smallest absolute Gasteiger partial charge is 0.140 e. The van der Waals surface area contributed by atoms with Crippen LogP contribution in [-0.2, 0) is 24.9 Å². The minimum absolute atomic E-state index is 0.212. The fourth-order valence-corrected chi connectivity index (χ4v) is 4.27. The van der Waals surface area contributed by atoms with Gasteiger partial charge in [-0.2, -0.15) is 5.26 Å². The van der Waals surface area contributed by atoms with Crippen molar-refractivity contribution in [1.29, 1.82) is 5.26 Å². The van der Waals surface area contributed by atoms with Crippen LogP contribution in [0.1, 0.15) is 17.0 Å². The lowest BCUT2D eigenvalue weighted by molar-refractivity contribution is 0.00864. The number of hydrogen-bond donors (Lipinski definition) is 1. The maximum atomic E-state index is 14.6. The highest BCUT2D eigenvalue weighted by atomic mass is 19.1. The number of para-hydroxylation sites is 1. The van der Waals surface area contributed by atoms with Crippen molar-refractivity contribution in [1.82, 2.24) is 19.4 Å². The fourth-order valence-electron chi connectivity index (χ4n) is 4.27. The van der Waals surface area contributed by atoms with Crippen LogP contribution < -0.4 is 0 Å². The minimum Gasteiger partial charge on any atom is -0.366 e. The number of nitrogens with zero attached hydrogens (tertiary/aromatic N) is 4. The third-order valence-electron chi connectivity index (χ3n) is 5.74. The molecule has 1 saturated heterocycles. The number of aromatic amines is 1. The Morgan fingerprint density at radius 1 is 1.27 bits per heavy atom. The molecule has 2 aromatic carbocycles. The molecule has 0 radical (unpaired) electrons. The highest BCUT2D eigenvalue weighted by Gasteiger charge is 2.34. The monoisotopic (exact) mass is 403 g/mol. The van der Waals surface area contributed by atoms with Gasteiger partial charge in [0.1, 0.15) is 24.7 Å². The van der Waals surface area contributed by atoms with Crippen molar-refractivity contribution in [3.8, 4) is 6.07 Å². The molecule has 2 unspecified atom stereocenters. The van der Waals surface area contributed by atoms with Gasteiger partial charge in [0.15, 0.2) is 0 Å². The topological polar surface area (TPSA) is 69.9 Å². The van der Waals surface area contributed by atoms with Gasteiger partial charge in [0, 0.05) is 43.8 Å². The van der Waals surface area contributed by atoms with Crippen LogP contribution in [0, 0.1) is 11.3 Å². The maximum absolute atomic E-state index is 14.6. The zero-order valence-electron chi connectivity index (χ0n) is 16.7. The predicted octanol–water partition coefficient (Wildman–Crippen LogP) is 3.67. The number of nitrogens with one attached hydrogen (secondary N) is 1. The van der Waals surface area contributed by atoms with Gasteiger partial charge in [-0.05, 0) is 29.8 Å². The molecule has 6 nitrogen and oxygen atoms in total. The van der Waals surface area contributed by atoms with Gasteiger partial charge >= 0.3 is 0 Å². The molecule has 0 aliphatic carbocycles. The number of aryl methyl sites for hydroxylation is 1. The molecular formula is C23H22FN5O. The Kier molecular flexibility index (Phi) is 4.74. The van der Waals surface area contributed by atoms with Crippen LogP contribution >= 0.6 is 0 Å². The third kappa shape index (κ3) is 3.45. The Balaban J connectivity index is 1.24. The van der Waals surface area contributed by atoms with Crippen LogP contribution in [0.15, 0.2) is 48.7 Å². The summed E-state index contributed by atoms with van der Waals surface area (Å²) in [5.41, 5.74) is 4.51. The SMILES string of the molecule is Cn1cc(CN2CC(F)C(OCc3nc4ccc(C#N)cc4[nH]3)C2)c2ccccc21. The first-order valence-corrected chi connectivity index (χ1v) is 10.0. The first-order valence-electron chi connectivity index (χ1n) is 10.0. The number of ether oxygens (including phenoxy) is 1. The molecule has 7 heteroatoms. The number of rotatable bonds is 5. The molecule has 4 aromatic rings. The van der Waals surface area contributed by atoms with Crippen LogP contribution in [0.25, 0.3) is 21.9 Å². The van der Waals surface area contributed by atoms with Crippen molar-refractivity contribution in [2.24, 2.45) is 7.05 Å². The summed E-state index contributed by atoms with van der Waals surface area (Å²) in [5, 5.41) is 10.2. The van der Waals surface area contributed by atoms with Gasteiger partial charge in [0.2, 0.25) is 0 Å². The summed E-state index contributed by atoms with van der Waals surface area (Å²) in [7, 11) is 2.03. The van der Waals surface area contributed by atoms with Crippen LogP contribution in [0.3, 0.4) is 0 Å². The Bertz CT molecular complexity index is 1250. The van der Waals surface area contributed by atoms with Gasteiger partial charge in [-0.1, -0.05) is 18.2 Å². The first-order chi connectivity index (χ1) is 14.6. The number of H-pyrrole nitrogens is 1. The molecule has 2 atom stereocenters. The van der Waals surface area contributed by atoms with E-state index < -0.39 is 12.3 Å². The molecule has 1 fully saturated rings. The second-order valence-electron chi connectivity index (χ2n) is 7.87.